The molecule has 1 unspecified atom stereocenters. The fourth-order valence-electron chi connectivity index (χ4n) is 8.45. The van der Waals surface area contributed by atoms with Crippen molar-refractivity contribution >= 4 is 59.3 Å². The quantitative estimate of drug-likeness (QED) is 0.0651. The molecule has 0 bridgehead atoms. The van der Waals surface area contributed by atoms with Gasteiger partial charge in [-0.05, 0) is 62.0 Å². The normalized spacial score (nSPS) is 21.0. The summed E-state index contributed by atoms with van der Waals surface area (Å²) in [5.41, 5.74) is 3.29. The Bertz CT molecular complexity index is 2620. The van der Waals surface area contributed by atoms with Crippen LogP contribution < -0.4 is 15.5 Å². The van der Waals surface area contributed by atoms with E-state index in [-0.39, 0.29) is 45.3 Å². The topological polar surface area (TPSA) is 228 Å². The van der Waals surface area contributed by atoms with Crippen LogP contribution in [-0.4, -0.2) is 104 Å². The molecule has 61 heavy (non-hydrogen) atoms. The smallest absolute Gasteiger partial charge is 0.266 e. The summed E-state index contributed by atoms with van der Waals surface area (Å²) in [5.74, 6) is -0.829. The van der Waals surface area contributed by atoms with Crippen molar-refractivity contribution in [3.8, 4) is 12.3 Å². The molecular formula is C43H53N4O11S3+. The van der Waals surface area contributed by atoms with Gasteiger partial charge in [-0.25, -0.2) is 0 Å². The van der Waals surface area contributed by atoms with Gasteiger partial charge in [-0.3, -0.25) is 23.2 Å². The molecule has 2 heterocycles. The molecule has 0 saturated carbocycles. The van der Waals surface area contributed by atoms with Crippen LogP contribution in [0.25, 0.3) is 0 Å². The van der Waals surface area contributed by atoms with E-state index in [4.69, 9.17) is 6.42 Å². The van der Waals surface area contributed by atoms with Crippen LogP contribution >= 0.6 is 0 Å². The van der Waals surface area contributed by atoms with Crippen molar-refractivity contribution in [2.24, 2.45) is 5.41 Å². The summed E-state index contributed by atoms with van der Waals surface area (Å²) in [6.45, 7) is 7.90. The monoisotopic (exact) mass is 897 g/mol. The highest BCUT2D eigenvalue weighted by Gasteiger charge is 2.49. The van der Waals surface area contributed by atoms with Crippen molar-refractivity contribution in [1.29, 1.82) is 0 Å². The van der Waals surface area contributed by atoms with Crippen molar-refractivity contribution in [2.45, 2.75) is 64.2 Å². The third-order valence-electron chi connectivity index (χ3n) is 11.3. The summed E-state index contributed by atoms with van der Waals surface area (Å²) < 4.78 is 100. The molecule has 0 radical (unpaired) electrons. The Labute approximate surface area is 358 Å². The molecule has 2 aromatic rings. The number of amides is 2. The van der Waals surface area contributed by atoms with Gasteiger partial charge in [-0.2, -0.15) is 29.8 Å². The molecule has 2 amide bonds. The minimum Gasteiger partial charge on any atom is -0.354 e. The molecule has 2 aromatic carbocycles. The van der Waals surface area contributed by atoms with Gasteiger partial charge in [-0.1, -0.05) is 74.4 Å². The maximum atomic E-state index is 14.3. The highest BCUT2D eigenvalue weighted by atomic mass is 32.2. The van der Waals surface area contributed by atoms with Crippen LogP contribution in [0, 0.1) is 17.8 Å². The SMILES string of the molecule is C#CCNC(=O)C1(C(=O)NCCS(=O)(=O)O)CC(/C=C/C2=[N+](CCCS(=O)(=O)O)c3ccccc3C2(C)C)=CC(=C/C=C2/N(CCCS(=O)(=O)O)c3ccccc3C2(C)C)/C1. The summed E-state index contributed by atoms with van der Waals surface area (Å²) in [4.78, 5) is 30.5. The second-order valence-electron chi connectivity index (χ2n) is 16.5. The average Bonchev–Trinajstić information content (AvgIpc) is 3.51. The Morgan fingerprint density at radius 2 is 1.39 bits per heavy atom. The van der Waals surface area contributed by atoms with Crippen LogP contribution in [-0.2, 0) is 50.8 Å². The third-order valence-corrected chi connectivity index (χ3v) is 13.7. The van der Waals surface area contributed by atoms with E-state index in [0.29, 0.717) is 11.1 Å². The Morgan fingerprint density at radius 1 is 0.787 bits per heavy atom. The van der Waals surface area contributed by atoms with Gasteiger partial charge in [0.25, 0.3) is 30.4 Å². The maximum absolute atomic E-state index is 14.3. The molecule has 1 aliphatic carbocycles. The van der Waals surface area contributed by atoms with Crippen LogP contribution in [0.1, 0.15) is 64.5 Å². The van der Waals surface area contributed by atoms with Crippen molar-refractivity contribution < 1.29 is 53.1 Å². The van der Waals surface area contributed by atoms with Gasteiger partial charge in [0, 0.05) is 54.0 Å². The van der Waals surface area contributed by atoms with Crippen molar-refractivity contribution in [3.05, 3.63) is 107 Å². The zero-order valence-electron chi connectivity index (χ0n) is 34.6. The molecule has 15 nitrogen and oxygen atoms in total. The van der Waals surface area contributed by atoms with E-state index in [1.54, 1.807) is 12.2 Å². The predicted octanol–water partition coefficient (Wildman–Crippen LogP) is 4.24. The summed E-state index contributed by atoms with van der Waals surface area (Å²) >= 11 is 0. The van der Waals surface area contributed by atoms with E-state index in [1.165, 1.54) is 0 Å². The summed E-state index contributed by atoms with van der Waals surface area (Å²) in [6.07, 6.45) is 14.6. The molecule has 2 aliphatic heterocycles. The number of hydrogen-bond acceptors (Lipinski definition) is 9. The number of nitrogens with one attached hydrogen (secondary N) is 2. The van der Waals surface area contributed by atoms with Gasteiger partial charge < -0.3 is 15.5 Å². The van der Waals surface area contributed by atoms with Gasteiger partial charge in [0.1, 0.15) is 12.0 Å². The van der Waals surface area contributed by atoms with Crippen LogP contribution in [0.5, 0.6) is 0 Å². The van der Waals surface area contributed by atoms with E-state index in [2.05, 4.69) is 16.6 Å². The molecular weight excluding hydrogens is 845 g/mol. The summed E-state index contributed by atoms with van der Waals surface area (Å²) in [6, 6.07) is 15.4. The summed E-state index contributed by atoms with van der Waals surface area (Å²) in [7, 11) is -12.9. The first-order valence-corrected chi connectivity index (χ1v) is 24.5. The van der Waals surface area contributed by atoms with Crippen LogP contribution in [0.15, 0.2) is 95.8 Å². The maximum Gasteiger partial charge on any atom is 0.266 e. The number of para-hydroxylation sites is 2. The van der Waals surface area contributed by atoms with E-state index in [9.17, 15) is 48.5 Å². The Balaban J connectivity index is 1.66. The number of rotatable bonds is 17. The van der Waals surface area contributed by atoms with Crippen LogP contribution in [0.4, 0.5) is 11.4 Å². The number of hydrogen-bond donors (Lipinski definition) is 5. The number of benzene rings is 2. The van der Waals surface area contributed by atoms with Crippen molar-refractivity contribution in [3.63, 3.8) is 0 Å². The lowest BCUT2D eigenvalue weighted by Gasteiger charge is -2.35. The molecule has 18 heteroatoms. The predicted molar refractivity (Wildman–Crippen MR) is 234 cm³/mol. The first-order valence-electron chi connectivity index (χ1n) is 19.7. The molecule has 0 spiro atoms. The lowest BCUT2D eigenvalue weighted by molar-refractivity contribution is -0.437. The van der Waals surface area contributed by atoms with Gasteiger partial charge in [0.2, 0.25) is 17.5 Å². The van der Waals surface area contributed by atoms with Crippen LogP contribution in [0.2, 0.25) is 0 Å². The Morgan fingerprint density at radius 3 is 2.05 bits per heavy atom. The number of fused-ring (bicyclic) bond motifs is 2. The standard InChI is InChI=1S/C43H52N4O11S3/c1-6-21-44-39(48)43(40(49)45-22-27-61(56,57)58)29-31(17-19-37-41(2,3)33-13-7-9-15-35(33)46(37)23-11-25-59(50,51)52)28-32(30-43)18-20-38-42(4,5)34-14-8-10-16-36(34)47(38)24-12-26-60(53,54)55/h1,7-10,13-20,28H,11-12,21-27,29-30H2,2-5H3,(H4-,44,45,48,49,50,51,52,53,54,55,56,57,58)/p+1. The highest BCUT2D eigenvalue weighted by molar-refractivity contribution is 7.86. The van der Waals surface area contributed by atoms with Gasteiger partial charge >= 0.3 is 0 Å². The van der Waals surface area contributed by atoms with Crippen molar-refractivity contribution in [1.82, 2.24) is 10.6 Å². The van der Waals surface area contributed by atoms with Crippen molar-refractivity contribution in [2.75, 3.05) is 48.3 Å². The van der Waals surface area contributed by atoms with E-state index in [0.717, 1.165) is 33.9 Å². The molecule has 0 saturated heterocycles. The third kappa shape index (κ3) is 11.1. The number of anilines is 1. The molecule has 5 rings (SSSR count). The molecule has 328 valence electrons. The van der Waals surface area contributed by atoms with Gasteiger partial charge in [0.05, 0.1) is 29.2 Å². The number of terminal acetylenes is 1. The Kier molecular flexibility index (Phi) is 14.1. The second-order valence-corrected chi connectivity index (χ2v) is 21.2. The fraction of sp³-hybridized carbons (Fsp3) is 0.419. The average molecular weight is 898 g/mol. The number of nitrogens with zero attached hydrogens (tertiary/aromatic N) is 2. The second kappa shape index (κ2) is 18.2. The van der Waals surface area contributed by atoms with E-state index in [1.807, 2.05) is 104 Å². The lowest BCUT2D eigenvalue weighted by Crippen LogP contribution is -2.53. The Hall–Kier alpha value is -4.90. The van der Waals surface area contributed by atoms with Crippen LogP contribution in [0.3, 0.4) is 0 Å². The first kappa shape index (κ1) is 47.2. The molecule has 5 N–H and O–H groups in total. The zero-order chi connectivity index (χ0) is 45.0. The first-order chi connectivity index (χ1) is 28.4. The minimum absolute atomic E-state index is 0.125. The number of allylic oxidation sites excluding steroid dienone is 8. The molecule has 1 atom stereocenters. The molecule has 3 aliphatic rings. The zero-order valence-corrected chi connectivity index (χ0v) is 37.0. The minimum atomic E-state index is -4.46. The lowest BCUT2D eigenvalue weighted by atomic mass is 9.70. The fourth-order valence-corrected chi connectivity index (χ4v) is 9.79. The largest absolute Gasteiger partial charge is 0.354 e. The summed E-state index contributed by atoms with van der Waals surface area (Å²) in [5, 5.41) is 5.17. The number of carbonyl (C=O) groups excluding carboxylic acids is 2. The number of carbonyl (C=O) groups is 2. The highest BCUT2D eigenvalue weighted by Crippen LogP contribution is 2.48. The van der Waals surface area contributed by atoms with E-state index >= 15 is 0 Å². The van der Waals surface area contributed by atoms with Gasteiger partial charge in [0.15, 0.2) is 5.71 Å². The molecule has 0 aromatic heterocycles. The molecule has 0 fully saturated rings. The van der Waals surface area contributed by atoms with E-state index < -0.39 is 82.2 Å². The van der Waals surface area contributed by atoms with Gasteiger partial charge in [-0.15, -0.1) is 6.42 Å².